The van der Waals surface area contributed by atoms with Crippen molar-refractivity contribution in [3.05, 3.63) is 18.4 Å². The Bertz CT molecular complexity index is 621. The Morgan fingerprint density at radius 2 is 2.05 bits per heavy atom. The summed E-state index contributed by atoms with van der Waals surface area (Å²) >= 11 is 0. The summed E-state index contributed by atoms with van der Waals surface area (Å²) < 4.78 is 53.2. The van der Waals surface area contributed by atoms with Crippen LogP contribution in [0.5, 0.6) is 0 Å². The zero-order chi connectivity index (χ0) is 14.1. The minimum atomic E-state index is -3.79. The van der Waals surface area contributed by atoms with Gasteiger partial charge in [-0.15, -0.1) is 0 Å². The maximum atomic E-state index is 12.3. The SMILES string of the molecule is NS(=O)(=O)CC1CCCCN1S(=O)(=O)c1ccco1. The van der Waals surface area contributed by atoms with Gasteiger partial charge in [0.1, 0.15) is 0 Å². The van der Waals surface area contributed by atoms with Gasteiger partial charge >= 0.3 is 0 Å². The van der Waals surface area contributed by atoms with Crippen molar-refractivity contribution in [3.63, 3.8) is 0 Å². The Hall–Kier alpha value is -0.900. The van der Waals surface area contributed by atoms with Crippen molar-refractivity contribution in [2.75, 3.05) is 12.3 Å². The third-order valence-electron chi connectivity index (χ3n) is 3.06. The van der Waals surface area contributed by atoms with Gasteiger partial charge < -0.3 is 4.42 Å². The van der Waals surface area contributed by atoms with Crippen LogP contribution in [-0.2, 0) is 20.0 Å². The van der Waals surface area contributed by atoms with Gasteiger partial charge in [-0.25, -0.2) is 22.0 Å². The highest BCUT2D eigenvalue weighted by molar-refractivity contribution is 7.90. The van der Waals surface area contributed by atoms with Gasteiger partial charge in [-0.05, 0) is 25.0 Å². The second-order valence-electron chi connectivity index (χ2n) is 4.53. The van der Waals surface area contributed by atoms with Crippen LogP contribution < -0.4 is 5.14 Å². The number of furan rings is 1. The van der Waals surface area contributed by atoms with Crippen LogP contribution >= 0.6 is 0 Å². The molecule has 1 saturated heterocycles. The molecule has 0 amide bonds. The fourth-order valence-electron chi connectivity index (χ4n) is 2.25. The van der Waals surface area contributed by atoms with E-state index in [0.29, 0.717) is 12.8 Å². The molecule has 0 aliphatic carbocycles. The molecule has 1 aliphatic heterocycles. The van der Waals surface area contributed by atoms with Gasteiger partial charge in [-0.2, -0.15) is 4.31 Å². The number of hydrogen-bond donors (Lipinski definition) is 1. The van der Waals surface area contributed by atoms with Crippen LogP contribution in [0.1, 0.15) is 19.3 Å². The van der Waals surface area contributed by atoms with Gasteiger partial charge in [0.15, 0.2) is 0 Å². The molecule has 0 bridgehead atoms. The average molecular weight is 308 g/mol. The number of rotatable bonds is 4. The highest BCUT2D eigenvalue weighted by Gasteiger charge is 2.36. The lowest BCUT2D eigenvalue weighted by Crippen LogP contribution is -2.47. The van der Waals surface area contributed by atoms with Gasteiger partial charge in [0.25, 0.3) is 10.0 Å². The van der Waals surface area contributed by atoms with Gasteiger partial charge in [-0.1, -0.05) is 6.42 Å². The largest absolute Gasteiger partial charge is 0.452 e. The Morgan fingerprint density at radius 3 is 2.63 bits per heavy atom. The van der Waals surface area contributed by atoms with Crippen molar-refractivity contribution in [2.24, 2.45) is 5.14 Å². The van der Waals surface area contributed by atoms with E-state index in [0.717, 1.165) is 6.42 Å². The molecule has 1 aliphatic rings. The van der Waals surface area contributed by atoms with Crippen LogP contribution in [-0.4, -0.2) is 39.5 Å². The molecular formula is C10H16N2O5S2. The fraction of sp³-hybridized carbons (Fsp3) is 0.600. The molecule has 19 heavy (non-hydrogen) atoms. The molecule has 1 aromatic rings. The van der Waals surface area contributed by atoms with Gasteiger partial charge in [0, 0.05) is 12.6 Å². The fourth-order valence-corrected chi connectivity index (χ4v) is 4.83. The van der Waals surface area contributed by atoms with E-state index in [1.165, 1.54) is 22.7 Å². The zero-order valence-electron chi connectivity index (χ0n) is 10.2. The molecule has 7 nitrogen and oxygen atoms in total. The molecule has 0 saturated carbocycles. The molecule has 2 N–H and O–H groups in total. The van der Waals surface area contributed by atoms with Crippen molar-refractivity contribution in [3.8, 4) is 0 Å². The summed E-state index contributed by atoms with van der Waals surface area (Å²) in [5.74, 6) is -0.368. The monoisotopic (exact) mass is 308 g/mol. The first-order valence-electron chi connectivity index (χ1n) is 5.86. The first kappa shape index (κ1) is 14.5. The Morgan fingerprint density at radius 1 is 1.32 bits per heavy atom. The quantitative estimate of drug-likeness (QED) is 0.848. The van der Waals surface area contributed by atoms with E-state index in [2.05, 4.69) is 0 Å². The van der Waals surface area contributed by atoms with Gasteiger partial charge in [-0.3, -0.25) is 0 Å². The Balaban J connectivity index is 2.30. The molecule has 108 valence electrons. The van der Waals surface area contributed by atoms with E-state index in [-0.39, 0.29) is 17.4 Å². The normalized spacial score (nSPS) is 22.5. The first-order valence-corrected chi connectivity index (χ1v) is 9.02. The van der Waals surface area contributed by atoms with E-state index in [1.807, 2.05) is 0 Å². The number of nitrogens with zero attached hydrogens (tertiary/aromatic N) is 1. The maximum Gasteiger partial charge on any atom is 0.276 e. The Labute approximate surface area is 112 Å². The van der Waals surface area contributed by atoms with Gasteiger partial charge in [0.05, 0.1) is 12.0 Å². The maximum absolute atomic E-state index is 12.3. The number of hydrogen-bond acceptors (Lipinski definition) is 5. The molecule has 2 heterocycles. The molecule has 1 unspecified atom stereocenters. The van der Waals surface area contributed by atoms with Crippen molar-refractivity contribution in [1.29, 1.82) is 0 Å². The van der Waals surface area contributed by atoms with Crippen molar-refractivity contribution in [2.45, 2.75) is 30.4 Å². The minimum Gasteiger partial charge on any atom is -0.452 e. The standard InChI is InChI=1S/C10H16N2O5S2/c11-18(13,14)8-9-4-1-2-6-12(9)19(15,16)10-5-3-7-17-10/h3,5,7,9H,1-2,4,6,8H2,(H2,11,13,14). The van der Waals surface area contributed by atoms with Gasteiger partial charge in [0.2, 0.25) is 15.1 Å². The number of primary sulfonamides is 1. The molecule has 9 heteroatoms. The topological polar surface area (TPSA) is 111 Å². The third-order valence-corrected chi connectivity index (χ3v) is 5.74. The summed E-state index contributed by atoms with van der Waals surface area (Å²) in [5, 5.41) is 4.85. The van der Waals surface area contributed by atoms with Crippen LogP contribution in [0.15, 0.2) is 27.9 Å². The van der Waals surface area contributed by atoms with Crippen molar-refractivity contribution < 1.29 is 21.3 Å². The van der Waals surface area contributed by atoms with Crippen LogP contribution in [0.3, 0.4) is 0 Å². The summed E-state index contributed by atoms with van der Waals surface area (Å²) in [4.78, 5) is 0. The van der Waals surface area contributed by atoms with Crippen LogP contribution in [0.2, 0.25) is 0 Å². The second kappa shape index (κ2) is 5.23. The van der Waals surface area contributed by atoms with E-state index < -0.39 is 26.1 Å². The molecule has 1 fully saturated rings. The molecule has 2 rings (SSSR count). The average Bonchev–Trinajstić information content (AvgIpc) is 2.81. The van der Waals surface area contributed by atoms with E-state index in [4.69, 9.17) is 9.56 Å². The summed E-state index contributed by atoms with van der Waals surface area (Å²) in [7, 11) is -7.52. The predicted octanol–water partition coefficient (Wildman–Crippen LogP) is 0.111. The lowest BCUT2D eigenvalue weighted by molar-refractivity contribution is 0.263. The van der Waals surface area contributed by atoms with E-state index >= 15 is 0 Å². The number of sulfonamides is 2. The number of piperidine rings is 1. The smallest absolute Gasteiger partial charge is 0.276 e. The second-order valence-corrected chi connectivity index (χ2v) is 8.01. The predicted molar refractivity (Wildman–Crippen MR) is 68.2 cm³/mol. The first-order chi connectivity index (χ1) is 8.81. The molecule has 1 atom stereocenters. The third kappa shape index (κ3) is 3.35. The van der Waals surface area contributed by atoms with Crippen LogP contribution in [0.4, 0.5) is 0 Å². The summed E-state index contributed by atoms with van der Waals surface area (Å²) in [5.41, 5.74) is 0. The van der Waals surface area contributed by atoms with Crippen LogP contribution in [0.25, 0.3) is 0 Å². The lowest BCUT2D eigenvalue weighted by atomic mass is 10.1. The van der Waals surface area contributed by atoms with Crippen molar-refractivity contribution >= 4 is 20.0 Å². The van der Waals surface area contributed by atoms with E-state index in [1.54, 1.807) is 0 Å². The zero-order valence-corrected chi connectivity index (χ0v) is 11.9. The minimum absolute atomic E-state index is 0.172. The number of nitrogens with two attached hydrogens (primary N) is 1. The molecule has 0 radical (unpaired) electrons. The molecular weight excluding hydrogens is 292 g/mol. The molecule has 0 aromatic carbocycles. The lowest BCUT2D eigenvalue weighted by Gasteiger charge is -2.33. The van der Waals surface area contributed by atoms with E-state index in [9.17, 15) is 16.8 Å². The van der Waals surface area contributed by atoms with Crippen molar-refractivity contribution in [1.82, 2.24) is 4.31 Å². The molecule has 1 aromatic heterocycles. The summed E-state index contributed by atoms with van der Waals surface area (Å²) in [6, 6.07) is 2.20. The summed E-state index contributed by atoms with van der Waals surface area (Å²) in [6.45, 7) is 0.281. The molecule has 0 spiro atoms. The Kier molecular flexibility index (Phi) is 4.00. The van der Waals surface area contributed by atoms with Crippen LogP contribution in [0, 0.1) is 0 Å². The highest BCUT2D eigenvalue weighted by Crippen LogP contribution is 2.26. The summed E-state index contributed by atoms with van der Waals surface area (Å²) in [6.07, 6.45) is 3.23. The highest BCUT2D eigenvalue weighted by atomic mass is 32.2.